The molecule has 0 atom stereocenters. The fraction of sp³-hybridized carbons (Fsp3) is 0.0625. The van der Waals surface area contributed by atoms with Crippen molar-refractivity contribution in [3.8, 4) is 11.3 Å². The Bertz CT molecular complexity index is 740. The molecule has 0 spiro atoms. The molecule has 1 aromatic heterocycles. The van der Waals surface area contributed by atoms with Crippen molar-refractivity contribution in [1.29, 1.82) is 0 Å². The third-order valence-electron chi connectivity index (χ3n) is 3.14. The summed E-state index contributed by atoms with van der Waals surface area (Å²) in [5.41, 5.74) is 1.88. The van der Waals surface area contributed by atoms with Crippen LogP contribution in [-0.2, 0) is 6.61 Å². The fourth-order valence-electron chi connectivity index (χ4n) is 2.21. The molecule has 0 amide bonds. The van der Waals surface area contributed by atoms with Crippen molar-refractivity contribution in [3.05, 3.63) is 66.1 Å². The Morgan fingerprint density at radius 1 is 1.05 bits per heavy atom. The lowest BCUT2D eigenvalue weighted by Gasteiger charge is -2.08. The predicted octanol–water partition coefficient (Wildman–Crippen LogP) is 3.53. The van der Waals surface area contributed by atoms with E-state index in [4.69, 9.17) is 0 Å². The number of nitrogens with zero attached hydrogens (tertiary/aromatic N) is 1. The lowest BCUT2D eigenvalue weighted by Crippen LogP contribution is -1.91. The van der Waals surface area contributed by atoms with Crippen LogP contribution >= 0.6 is 0 Å². The Kier molecular flexibility index (Phi) is 2.97. The van der Waals surface area contributed by atoms with Gasteiger partial charge in [0.1, 0.15) is 11.5 Å². The Labute approximate surface area is 110 Å². The first-order valence-electron chi connectivity index (χ1n) is 6.03. The molecular formula is C16H12FNO. The Morgan fingerprint density at radius 2 is 1.95 bits per heavy atom. The number of hydrogen-bond donors (Lipinski definition) is 1. The van der Waals surface area contributed by atoms with E-state index in [1.54, 1.807) is 12.3 Å². The van der Waals surface area contributed by atoms with Crippen molar-refractivity contribution >= 4 is 10.8 Å². The highest BCUT2D eigenvalue weighted by Gasteiger charge is 2.09. The van der Waals surface area contributed by atoms with Gasteiger partial charge in [-0.3, -0.25) is 4.98 Å². The van der Waals surface area contributed by atoms with Crippen molar-refractivity contribution < 1.29 is 9.50 Å². The maximum Gasteiger partial charge on any atom is 0.149 e. The normalized spacial score (nSPS) is 10.8. The Morgan fingerprint density at radius 3 is 2.74 bits per heavy atom. The van der Waals surface area contributed by atoms with Crippen LogP contribution in [0.3, 0.4) is 0 Å². The van der Waals surface area contributed by atoms with E-state index < -0.39 is 0 Å². The first-order valence-corrected chi connectivity index (χ1v) is 6.03. The van der Waals surface area contributed by atoms with Gasteiger partial charge in [-0.25, -0.2) is 4.39 Å². The number of hydrogen-bond acceptors (Lipinski definition) is 2. The molecule has 0 bridgehead atoms. The summed E-state index contributed by atoms with van der Waals surface area (Å²) in [7, 11) is 0. The van der Waals surface area contributed by atoms with Crippen molar-refractivity contribution in [3.63, 3.8) is 0 Å². The molecule has 94 valence electrons. The van der Waals surface area contributed by atoms with E-state index >= 15 is 0 Å². The molecular weight excluding hydrogens is 241 g/mol. The molecule has 3 rings (SSSR count). The molecule has 3 aromatic rings. The quantitative estimate of drug-likeness (QED) is 0.757. The van der Waals surface area contributed by atoms with Crippen LogP contribution in [0.15, 0.2) is 54.7 Å². The number of halogens is 1. The van der Waals surface area contributed by atoms with Gasteiger partial charge in [-0.05, 0) is 34.5 Å². The minimum Gasteiger partial charge on any atom is -0.392 e. The molecule has 0 radical (unpaired) electrons. The molecule has 3 heteroatoms. The van der Waals surface area contributed by atoms with E-state index in [0.717, 1.165) is 21.9 Å². The molecule has 0 fully saturated rings. The highest BCUT2D eigenvalue weighted by Crippen LogP contribution is 2.29. The third-order valence-corrected chi connectivity index (χ3v) is 3.14. The standard InChI is InChI=1S/C16H12FNO/c17-15-5-2-8-18-16(15)13-4-1-3-12-7-6-11(10-19)9-14(12)13/h1-9,19H,10H2. The highest BCUT2D eigenvalue weighted by atomic mass is 19.1. The van der Waals surface area contributed by atoms with Gasteiger partial charge in [0.15, 0.2) is 0 Å². The number of pyridine rings is 1. The molecule has 2 aromatic carbocycles. The van der Waals surface area contributed by atoms with Gasteiger partial charge in [-0.1, -0.05) is 30.3 Å². The molecule has 2 nitrogen and oxygen atoms in total. The minimum atomic E-state index is -0.343. The summed E-state index contributed by atoms with van der Waals surface area (Å²) in [6.07, 6.45) is 1.58. The monoisotopic (exact) mass is 253 g/mol. The summed E-state index contributed by atoms with van der Waals surface area (Å²) in [5.74, 6) is -0.343. The van der Waals surface area contributed by atoms with E-state index in [1.165, 1.54) is 6.07 Å². The Hall–Kier alpha value is -2.26. The molecule has 0 unspecified atom stereocenters. The summed E-state index contributed by atoms with van der Waals surface area (Å²) < 4.78 is 13.9. The van der Waals surface area contributed by atoms with Crippen molar-refractivity contribution in [1.82, 2.24) is 4.98 Å². The van der Waals surface area contributed by atoms with Crippen LogP contribution in [0, 0.1) is 5.82 Å². The maximum absolute atomic E-state index is 13.9. The predicted molar refractivity (Wildman–Crippen MR) is 73.1 cm³/mol. The van der Waals surface area contributed by atoms with Crippen molar-refractivity contribution in [2.45, 2.75) is 6.61 Å². The van der Waals surface area contributed by atoms with Crippen molar-refractivity contribution in [2.24, 2.45) is 0 Å². The largest absolute Gasteiger partial charge is 0.392 e. The first-order chi connectivity index (χ1) is 9.29. The van der Waals surface area contributed by atoms with Crippen LogP contribution in [0.4, 0.5) is 4.39 Å². The van der Waals surface area contributed by atoms with E-state index in [2.05, 4.69) is 4.98 Å². The molecule has 1 heterocycles. The second-order valence-corrected chi connectivity index (χ2v) is 4.35. The van der Waals surface area contributed by atoms with Gasteiger partial charge in [-0.2, -0.15) is 0 Å². The van der Waals surface area contributed by atoms with Gasteiger partial charge < -0.3 is 5.11 Å². The summed E-state index contributed by atoms with van der Waals surface area (Å²) in [6.45, 7) is -0.0328. The third kappa shape index (κ3) is 2.09. The van der Waals surface area contributed by atoms with Crippen molar-refractivity contribution in [2.75, 3.05) is 0 Å². The Balaban J connectivity index is 2.32. The van der Waals surface area contributed by atoms with Gasteiger partial charge in [0.05, 0.1) is 6.61 Å². The van der Waals surface area contributed by atoms with Gasteiger partial charge in [0.2, 0.25) is 0 Å². The highest BCUT2D eigenvalue weighted by molar-refractivity contribution is 5.96. The average Bonchev–Trinajstić information content (AvgIpc) is 2.47. The van der Waals surface area contributed by atoms with Gasteiger partial charge in [0.25, 0.3) is 0 Å². The molecule has 0 aliphatic rings. The van der Waals surface area contributed by atoms with E-state index in [9.17, 15) is 9.50 Å². The number of fused-ring (bicyclic) bond motifs is 1. The van der Waals surface area contributed by atoms with Crippen LogP contribution < -0.4 is 0 Å². The summed E-state index contributed by atoms with van der Waals surface area (Å²) in [6, 6.07) is 14.3. The van der Waals surface area contributed by atoms with Gasteiger partial charge in [0, 0.05) is 11.8 Å². The number of benzene rings is 2. The molecule has 0 saturated carbocycles. The molecule has 0 saturated heterocycles. The van der Waals surface area contributed by atoms with Gasteiger partial charge >= 0.3 is 0 Å². The second-order valence-electron chi connectivity index (χ2n) is 4.35. The summed E-state index contributed by atoms with van der Waals surface area (Å²) >= 11 is 0. The van der Waals surface area contributed by atoms with Crippen LogP contribution in [0.1, 0.15) is 5.56 Å². The SMILES string of the molecule is OCc1ccc2cccc(-c3ncccc3F)c2c1. The van der Waals surface area contributed by atoms with Crippen LogP contribution in [-0.4, -0.2) is 10.1 Å². The van der Waals surface area contributed by atoms with Crippen LogP contribution in [0.2, 0.25) is 0 Å². The molecule has 0 aliphatic carbocycles. The topological polar surface area (TPSA) is 33.1 Å². The number of rotatable bonds is 2. The summed E-state index contributed by atoms with van der Waals surface area (Å²) in [4.78, 5) is 4.12. The lowest BCUT2D eigenvalue weighted by atomic mass is 9.99. The molecule has 0 aliphatic heterocycles. The number of aromatic nitrogens is 1. The zero-order valence-corrected chi connectivity index (χ0v) is 10.2. The molecule has 19 heavy (non-hydrogen) atoms. The number of aliphatic hydroxyl groups is 1. The molecule has 1 N–H and O–H groups in total. The van der Waals surface area contributed by atoms with E-state index in [0.29, 0.717) is 5.69 Å². The lowest BCUT2D eigenvalue weighted by molar-refractivity contribution is 0.282. The summed E-state index contributed by atoms with van der Waals surface area (Å²) in [5, 5.41) is 11.1. The zero-order chi connectivity index (χ0) is 13.2. The van der Waals surface area contributed by atoms with Crippen LogP contribution in [0.25, 0.3) is 22.0 Å². The smallest absolute Gasteiger partial charge is 0.149 e. The van der Waals surface area contributed by atoms with Crippen LogP contribution in [0.5, 0.6) is 0 Å². The van der Waals surface area contributed by atoms with E-state index in [-0.39, 0.29) is 12.4 Å². The minimum absolute atomic E-state index is 0.0328. The number of aliphatic hydroxyl groups excluding tert-OH is 1. The maximum atomic E-state index is 13.9. The fourth-order valence-corrected chi connectivity index (χ4v) is 2.21. The average molecular weight is 253 g/mol. The zero-order valence-electron chi connectivity index (χ0n) is 10.2. The second kappa shape index (κ2) is 4.78. The van der Waals surface area contributed by atoms with E-state index in [1.807, 2.05) is 36.4 Å². The van der Waals surface area contributed by atoms with Gasteiger partial charge in [-0.15, -0.1) is 0 Å². The first kappa shape index (κ1) is 11.8.